The molecule has 2 aromatic heterocycles. The molecule has 3 heterocycles. The summed E-state index contributed by atoms with van der Waals surface area (Å²) < 4.78 is 17.5. The number of halogens is 1. The highest BCUT2D eigenvalue weighted by Gasteiger charge is 2.31. The lowest BCUT2D eigenvalue weighted by molar-refractivity contribution is 0.0650. The number of anilines is 1. The van der Waals surface area contributed by atoms with Crippen LogP contribution in [-0.2, 0) is 0 Å². The molecule has 0 radical (unpaired) electrons. The van der Waals surface area contributed by atoms with Gasteiger partial charge in [0, 0.05) is 85.8 Å². The molecular formula is C43H58FN5O2. The average molecular weight is 696 g/mol. The van der Waals surface area contributed by atoms with Gasteiger partial charge in [-0.3, -0.25) is 24.0 Å². The molecule has 0 spiro atoms. The van der Waals surface area contributed by atoms with Crippen LogP contribution in [0.25, 0.3) is 17.3 Å². The smallest absolute Gasteiger partial charge is 0.257 e. The van der Waals surface area contributed by atoms with Crippen LogP contribution in [-0.4, -0.2) is 64.5 Å². The number of benzene rings is 1. The number of carbonyl (C=O) groups excluding carboxylic acids is 1. The molecule has 3 aromatic rings. The third kappa shape index (κ3) is 8.54. The number of carbonyl (C=O) groups is 1. The van der Waals surface area contributed by atoms with Crippen LogP contribution in [0.5, 0.6) is 0 Å². The second-order valence-corrected chi connectivity index (χ2v) is 14.8. The Morgan fingerprint density at radius 2 is 1.88 bits per heavy atom. The number of aromatic nitrogens is 2. The van der Waals surface area contributed by atoms with Crippen molar-refractivity contribution in [3.8, 4) is 5.69 Å². The molecule has 1 fully saturated rings. The molecular weight excluding hydrogens is 638 g/mol. The minimum absolute atomic E-state index is 0.0839. The second-order valence-electron chi connectivity index (χ2n) is 14.8. The van der Waals surface area contributed by atoms with Gasteiger partial charge < -0.3 is 10.2 Å². The van der Waals surface area contributed by atoms with Gasteiger partial charge in [0.15, 0.2) is 0 Å². The van der Waals surface area contributed by atoms with Crippen molar-refractivity contribution in [1.29, 1.82) is 0 Å². The van der Waals surface area contributed by atoms with Gasteiger partial charge in [0.05, 0.1) is 5.69 Å². The minimum Gasteiger partial charge on any atom is -0.388 e. The topological polar surface area (TPSA) is 70.5 Å². The molecule has 1 saturated carbocycles. The Morgan fingerprint density at radius 3 is 2.49 bits per heavy atom. The highest BCUT2D eigenvalue weighted by atomic mass is 19.1. The number of pyridine rings is 2. The highest BCUT2D eigenvalue weighted by molar-refractivity contribution is 5.95. The van der Waals surface area contributed by atoms with Crippen molar-refractivity contribution >= 4 is 23.2 Å². The third-order valence-electron chi connectivity index (χ3n) is 11.8. The van der Waals surface area contributed by atoms with Gasteiger partial charge in [-0.2, -0.15) is 0 Å². The van der Waals surface area contributed by atoms with Crippen molar-refractivity contribution < 1.29 is 9.18 Å². The quantitative estimate of drug-likeness (QED) is 0.205. The summed E-state index contributed by atoms with van der Waals surface area (Å²) in [6, 6.07) is 9.02. The summed E-state index contributed by atoms with van der Waals surface area (Å²) in [5.41, 5.74) is 7.23. The van der Waals surface area contributed by atoms with Crippen LogP contribution in [0.3, 0.4) is 0 Å². The van der Waals surface area contributed by atoms with E-state index in [1.165, 1.54) is 38.2 Å². The SMILES string of the molecule is CCCC(CC)C1CCC(N(C)C(=O)c2cc(C)c(C3=CCN(C(C)/C(C)=C/c4c(-n5ccc(NC)cc5=O)ccnc4C)CC3)c(F)c2)CC1. The van der Waals surface area contributed by atoms with Crippen LogP contribution in [0.2, 0.25) is 0 Å². The molecule has 5 rings (SSSR count). The largest absolute Gasteiger partial charge is 0.388 e. The molecule has 1 aromatic carbocycles. The minimum atomic E-state index is -0.317. The summed E-state index contributed by atoms with van der Waals surface area (Å²) in [5.74, 6) is 1.14. The van der Waals surface area contributed by atoms with Gasteiger partial charge in [-0.25, -0.2) is 4.39 Å². The van der Waals surface area contributed by atoms with Crippen molar-refractivity contribution in [3.05, 3.63) is 98.5 Å². The van der Waals surface area contributed by atoms with E-state index < -0.39 is 0 Å². The number of amides is 1. The van der Waals surface area contributed by atoms with Crippen LogP contribution in [0, 0.1) is 31.5 Å². The molecule has 0 bridgehead atoms. The standard InChI is InChI=1S/C43H58FN5O2/c1-9-11-32(10-2)33-12-14-37(15-13-33)47(8)43(51)35-24-29(4)42(39(44)26-35)34-17-21-48(22-18-34)31(6)28(3)25-38-30(5)46-20-16-40(38)49-23-19-36(45-7)27-41(49)50/h16-17,19-20,23-27,31-33,37,45H,9-15,18,21-22H2,1-8H3/b28-25+. The van der Waals surface area contributed by atoms with Crippen molar-refractivity contribution in [1.82, 2.24) is 19.4 Å². The Labute approximate surface area is 304 Å². The molecule has 1 aliphatic carbocycles. The molecule has 2 aliphatic rings. The van der Waals surface area contributed by atoms with E-state index in [-0.39, 0.29) is 29.4 Å². The molecule has 7 nitrogen and oxygen atoms in total. The second kappa shape index (κ2) is 17.0. The highest BCUT2D eigenvalue weighted by Crippen LogP contribution is 2.37. The zero-order chi connectivity index (χ0) is 36.8. The van der Waals surface area contributed by atoms with E-state index in [9.17, 15) is 9.59 Å². The first-order chi connectivity index (χ1) is 24.5. The van der Waals surface area contributed by atoms with Gasteiger partial charge in [-0.15, -0.1) is 0 Å². The van der Waals surface area contributed by atoms with E-state index in [1.807, 2.05) is 44.0 Å². The van der Waals surface area contributed by atoms with Gasteiger partial charge in [-0.1, -0.05) is 50.8 Å². The lowest BCUT2D eigenvalue weighted by Gasteiger charge is -2.37. The van der Waals surface area contributed by atoms with Crippen LogP contribution < -0.4 is 10.9 Å². The molecule has 1 N–H and O–H groups in total. The predicted molar refractivity (Wildman–Crippen MR) is 209 cm³/mol. The normalized spacial score (nSPS) is 19.7. The van der Waals surface area contributed by atoms with Gasteiger partial charge in [0.25, 0.3) is 11.5 Å². The Hall–Kier alpha value is -4.04. The van der Waals surface area contributed by atoms with E-state index in [2.05, 4.69) is 55.0 Å². The number of rotatable bonds is 12. The molecule has 274 valence electrons. The molecule has 2 unspecified atom stereocenters. The fraction of sp³-hybridized carbons (Fsp3) is 0.512. The monoisotopic (exact) mass is 695 g/mol. The number of nitrogens with one attached hydrogen (secondary N) is 1. The van der Waals surface area contributed by atoms with Crippen molar-refractivity contribution in [3.63, 3.8) is 0 Å². The van der Waals surface area contributed by atoms with Crippen LogP contribution in [0.15, 0.2) is 59.2 Å². The lowest BCUT2D eigenvalue weighted by Crippen LogP contribution is -2.40. The first-order valence-electron chi connectivity index (χ1n) is 19.0. The summed E-state index contributed by atoms with van der Waals surface area (Å²) in [5, 5.41) is 3.02. The lowest BCUT2D eigenvalue weighted by atomic mass is 9.75. The van der Waals surface area contributed by atoms with E-state index in [0.29, 0.717) is 24.1 Å². The number of hydrogen-bond acceptors (Lipinski definition) is 5. The van der Waals surface area contributed by atoms with Gasteiger partial charge >= 0.3 is 0 Å². The summed E-state index contributed by atoms with van der Waals surface area (Å²) in [6.07, 6.45) is 16.7. The first kappa shape index (κ1) is 38.2. The molecule has 8 heteroatoms. The predicted octanol–water partition coefficient (Wildman–Crippen LogP) is 9.07. The van der Waals surface area contributed by atoms with Crippen LogP contribution >= 0.6 is 0 Å². The van der Waals surface area contributed by atoms with E-state index in [4.69, 9.17) is 0 Å². The fourth-order valence-corrected chi connectivity index (χ4v) is 8.43. The fourth-order valence-electron chi connectivity index (χ4n) is 8.43. The summed E-state index contributed by atoms with van der Waals surface area (Å²) in [6.45, 7) is 14.2. The summed E-state index contributed by atoms with van der Waals surface area (Å²) in [7, 11) is 3.69. The van der Waals surface area contributed by atoms with Crippen molar-refractivity contribution in [2.45, 2.75) is 105 Å². The Morgan fingerprint density at radius 1 is 1.14 bits per heavy atom. The Kier molecular flexibility index (Phi) is 12.7. The number of nitrogens with zero attached hydrogens (tertiary/aromatic N) is 4. The summed E-state index contributed by atoms with van der Waals surface area (Å²) >= 11 is 0. The molecule has 0 saturated heterocycles. The maximum atomic E-state index is 15.9. The third-order valence-corrected chi connectivity index (χ3v) is 11.8. The van der Waals surface area contributed by atoms with E-state index >= 15 is 4.39 Å². The Balaban J connectivity index is 1.26. The first-order valence-corrected chi connectivity index (χ1v) is 19.0. The maximum absolute atomic E-state index is 15.9. The number of aryl methyl sites for hydroxylation is 2. The zero-order valence-electron chi connectivity index (χ0n) is 32.1. The molecule has 2 atom stereocenters. The van der Waals surface area contributed by atoms with Crippen LogP contribution in [0.4, 0.5) is 10.1 Å². The zero-order valence-corrected chi connectivity index (χ0v) is 32.1. The van der Waals surface area contributed by atoms with E-state index in [0.717, 1.165) is 70.6 Å². The number of hydrogen-bond donors (Lipinski definition) is 1. The molecule has 51 heavy (non-hydrogen) atoms. The molecule has 1 amide bonds. The Bertz CT molecular complexity index is 1800. The molecule has 1 aliphatic heterocycles. The average Bonchev–Trinajstić information content (AvgIpc) is 3.13. The van der Waals surface area contributed by atoms with Gasteiger partial charge in [-0.05, 0) is 107 Å². The van der Waals surface area contributed by atoms with E-state index in [1.54, 1.807) is 30.1 Å². The summed E-state index contributed by atoms with van der Waals surface area (Å²) in [4.78, 5) is 35.3. The van der Waals surface area contributed by atoms with Crippen molar-refractivity contribution in [2.24, 2.45) is 11.8 Å². The van der Waals surface area contributed by atoms with Gasteiger partial charge in [0.2, 0.25) is 0 Å². The van der Waals surface area contributed by atoms with Gasteiger partial charge in [0.1, 0.15) is 5.82 Å². The van der Waals surface area contributed by atoms with Crippen molar-refractivity contribution in [2.75, 3.05) is 32.5 Å². The maximum Gasteiger partial charge on any atom is 0.257 e. The van der Waals surface area contributed by atoms with Crippen LogP contribution in [0.1, 0.15) is 112 Å².